The van der Waals surface area contributed by atoms with Gasteiger partial charge in [0.1, 0.15) is 17.4 Å². The molecule has 0 saturated carbocycles. The zero-order valence-corrected chi connectivity index (χ0v) is 26.3. The van der Waals surface area contributed by atoms with Gasteiger partial charge < -0.3 is 38.9 Å². The smallest absolute Gasteiger partial charge is 0.205 e. The highest BCUT2D eigenvalue weighted by Crippen LogP contribution is 2.51. The van der Waals surface area contributed by atoms with E-state index >= 15 is 0 Å². The van der Waals surface area contributed by atoms with Gasteiger partial charge in [-0.3, -0.25) is 4.90 Å². The van der Waals surface area contributed by atoms with Gasteiger partial charge in [-0.05, 0) is 35.4 Å². The van der Waals surface area contributed by atoms with Crippen molar-refractivity contribution in [2.24, 2.45) is 5.73 Å². The fraction of sp³-hybridized carbons (Fsp3) is 0.286. The Balaban J connectivity index is 1.74. The molecule has 0 amide bonds. The third-order valence-electron chi connectivity index (χ3n) is 7.97. The Hall–Kier alpha value is -5.27. The standard InChI is InChI=1S/C35H37N3O7/c1-39-27-14-12-22(31(41-3)33(27)43-5)16-23-19-38(18-21-10-8-7-9-11-21)20-26-29(25(17-36)35(37)45-30(23)26)24-13-15-28(40-2)34(44-6)32(24)42-4/h7-16,29H,18-20,37H2,1-6H3/b23-16+. The van der Waals surface area contributed by atoms with Crippen LogP contribution >= 0.6 is 0 Å². The van der Waals surface area contributed by atoms with Gasteiger partial charge in [0.25, 0.3) is 0 Å². The van der Waals surface area contributed by atoms with Crippen LogP contribution in [0.15, 0.2) is 83.0 Å². The van der Waals surface area contributed by atoms with Crippen molar-refractivity contribution >= 4 is 6.08 Å². The van der Waals surface area contributed by atoms with Crippen molar-refractivity contribution in [1.82, 2.24) is 4.90 Å². The van der Waals surface area contributed by atoms with Crippen molar-refractivity contribution in [3.8, 4) is 40.6 Å². The van der Waals surface area contributed by atoms with E-state index in [0.29, 0.717) is 65.5 Å². The highest BCUT2D eigenvalue weighted by molar-refractivity contribution is 5.72. The van der Waals surface area contributed by atoms with Crippen LogP contribution in [0, 0.1) is 11.3 Å². The molecule has 0 aliphatic carbocycles. The van der Waals surface area contributed by atoms with Gasteiger partial charge in [0.05, 0.1) is 48.6 Å². The van der Waals surface area contributed by atoms with Crippen LogP contribution in [0.25, 0.3) is 6.08 Å². The molecule has 10 nitrogen and oxygen atoms in total. The van der Waals surface area contributed by atoms with Crippen LogP contribution in [0.5, 0.6) is 34.5 Å². The Kier molecular flexibility index (Phi) is 9.40. The van der Waals surface area contributed by atoms with Gasteiger partial charge in [-0.2, -0.15) is 5.26 Å². The third kappa shape index (κ3) is 5.82. The first kappa shape index (κ1) is 31.2. The molecule has 2 N–H and O–H groups in total. The van der Waals surface area contributed by atoms with Crippen molar-refractivity contribution in [2.45, 2.75) is 12.5 Å². The summed E-state index contributed by atoms with van der Waals surface area (Å²) in [5.41, 5.74) is 11.1. The van der Waals surface area contributed by atoms with Gasteiger partial charge in [-0.25, -0.2) is 0 Å². The number of nitrogens with zero attached hydrogens (tertiary/aromatic N) is 2. The number of nitrogens with two attached hydrogens (primary N) is 1. The summed E-state index contributed by atoms with van der Waals surface area (Å²) in [6.45, 7) is 1.70. The van der Waals surface area contributed by atoms with Gasteiger partial charge in [0, 0.05) is 36.3 Å². The molecule has 3 aromatic rings. The van der Waals surface area contributed by atoms with E-state index in [1.165, 1.54) is 0 Å². The summed E-state index contributed by atoms with van der Waals surface area (Å²) < 4.78 is 40.4. The van der Waals surface area contributed by atoms with Crippen LogP contribution in [0.4, 0.5) is 0 Å². The topological polar surface area (TPSA) is 118 Å². The van der Waals surface area contributed by atoms with Crippen molar-refractivity contribution < 1.29 is 33.2 Å². The largest absolute Gasteiger partial charge is 0.493 e. The predicted molar refractivity (Wildman–Crippen MR) is 170 cm³/mol. The maximum atomic E-state index is 10.4. The summed E-state index contributed by atoms with van der Waals surface area (Å²) in [7, 11) is 9.41. The van der Waals surface area contributed by atoms with E-state index in [1.807, 2.05) is 42.5 Å². The zero-order valence-electron chi connectivity index (χ0n) is 26.3. The fourth-order valence-electron chi connectivity index (χ4n) is 6.03. The Morgan fingerprint density at radius 1 is 0.800 bits per heavy atom. The Bertz CT molecular complexity index is 1710. The fourth-order valence-corrected chi connectivity index (χ4v) is 6.03. The van der Waals surface area contributed by atoms with E-state index < -0.39 is 5.92 Å². The van der Waals surface area contributed by atoms with Gasteiger partial charge >= 0.3 is 0 Å². The molecule has 10 heteroatoms. The highest BCUT2D eigenvalue weighted by atomic mass is 16.5. The summed E-state index contributed by atoms with van der Waals surface area (Å²) in [5.74, 6) is 2.95. The number of rotatable bonds is 10. The monoisotopic (exact) mass is 611 g/mol. The van der Waals surface area contributed by atoms with Crippen LogP contribution in [0.1, 0.15) is 22.6 Å². The molecule has 0 bridgehead atoms. The Labute approximate surface area is 263 Å². The quantitative estimate of drug-likeness (QED) is 0.319. The van der Waals surface area contributed by atoms with Crippen LogP contribution in [0.3, 0.4) is 0 Å². The molecule has 0 spiro atoms. The van der Waals surface area contributed by atoms with Crippen molar-refractivity contribution in [3.05, 3.63) is 99.6 Å². The molecule has 0 aromatic heterocycles. The molecule has 5 rings (SSSR count). The second-order valence-corrected chi connectivity index (χ2v) is 10.4. The molecular formula is C35H37N3O7. The van der Waals surface area contributed by atoms with Crippen LogP contribution in [-0.4, -0.2) is 60.6 Å². The van der Waals surface area contributed by atoms with E-state index in [1.54, 1.807) is 48.7 Å². The third-order valence-corrected chi connectivity index (χ3v) is 7.97. The van der Waals surface area contributed by atoms with E-state index in [-0.39, 0.29) is 11.5 Å². The van der Waals surface area contributed by atoms with Gasteiger partial charge in [0.2, 0.25) is 17.4 Å². The first-order chi connectivity index (χ1) is 21.9. The molecule has 2 aliphatic heterocycles. The lowest BCUT2D eigenvalue weighted by Crippen LogP contribution is -2.38. The Morgan fingerprint density at radius 3 is 2.02 bits per heavy atom. The molecule has 1 unspecified atom stereocenters. The lowest BCUT2D eigenvalue weighted by atomic mass is 9.79. The number of allylic oxidation sites excluding steroid dienone is 1. The second-order valence-electron chi connectivity index (χ2n) is 10.4. The Morgan fingerprint density at radius 2 is 1.42 bits per heavy atom. The molecule has 2 heterocycles. The molecule has 2 aliphatic rings. The zero-order chi connectivity index (χ0) is 32.1. The van der Waals surface area contributed by atoms with Crippen LogP contribution in [0.2, 0.25) is 0 Å². The first-order valence-electron chi connectivity index (χ1n) is 14.3. The number of nitriles is 1. The first-order valence-corrected chi connectivity index (χ1v) is 14.3. The molecule has 0 saturated heterocycles. The minimum Gasteiger partial charge on any atom is -0.493 e. The molecule has 3 aromatic carbocycles. The molecule has 1 atom stereocenters. The lowest BCUT2D eigenvalue weighted by Gasteiger charge is -2.38. The second kappa shape index (κ2) is 13.6. The summed E-state index contributed by atoms with van der Waals surface area (Å²) in [6.07, 6.45) is 2.00. The number of benzene rings is 3. The number of hydrogen-bond donors (Lipinski definition) is 1. The SMILES string of the molecule is COc1ccc(/C=C2\CN(Cc3ccccc3)CC3=C2OC(N)=C(C#N)C3c2ccc(OC)c(OC)c2OC)c(OC)c1OC. The predicted octanol–water partition coefficient (Wildman–Crippen LogP) is 5.40. The lowest BCUT2D eigenvalue weighted by molar-refractivity contribution is 0.229. The van der Waals surface area contributed by atoms with Gasteiger partial charge in [-0.1, -0.05) is 36.4 Å². The molecule has 0 radical (unpaired) electrons. The maximum Gasteiger partial charge on any atom is 0.205 e. The van der Waals surface area contributed by atoms with Crippen molar-refractivity contribution in [1.29, 1.82) is 5.26 Å². The van der Waals surface area contributed by atoms with Crippen molar-refractivity contribution in [3.63, 3.8) is 0 Å². The van der Waals surface area contributed by atoms with Crippen LogP contribution < -0.4 is 34.2 Å². The van der Waals surface area contributed by atoms with E-state index in [0.717, 1.165) is 22.3 Å². The highest BCUT2D eigenvalue weighted by Gasteiger charge is 2.40. The maximum absolute atomic E-state index is 10.4. The van der Waals surface area contributed by atoms with E-state index in [9.17, 15) is 5.26 Å². The van der Waals surface area contributed by atoms with Crippen molar-refractivity contribution in [2.75, 3.05) is 55.7 Å². The average molecular weight is 612 g/mol. The number of hydrogen-bond acceptors (Lipinski definition) is 10. The minimum atomic E-state index is -0.581. The molecule has 45 heavy (non-hydrogen) atoms. The average Bonchev–Trinajstić information content (AvgIpc) is 3.07. The van der Waals surface area contributed by atoms with E-state index in [4.69, 9.17) is 38.9 Å². The normalized spacial score (nSPS) is 17.3. The molecule has 234 valence electrons. The van der Waals surface area contributed by atoms with Gasteiger partial charge in [-0.15, -0.1) is 0 Å². The van der Waals surface area contributed by atoms with Gasteiger partial charge in [0.15, 0.2) is 23.0 Å². The summed E-state index contributed by atoms with van der Waals surface area (Å²) >= 11 is 0. The number of ether oxygens (including phenoxy) is 7. The minimum absolute atomic E-state index is 0.0276. The van der Waals surface area contributed by atoms with Crippen LogP contribution in [-0.2, 0) is 11.3 Å². The molecule has 0 fully saturated rings. The summed E-state index contributed by atoms with van der Waals surface area (Å²) in [5, 5.41) is 10.4. The summed E-state index contributed by atoms with van der Waals surface area (Å²) in [4.78, 5) is 2.30. The summed E-state index contributed by atoms with van der Waals surface area (Å²) in [6, 6.07) is 19.9. The van der Waals surface area contributed by atoms with E-state index in [2.05, 4.69) is 23.1 Å². The molecular weight excluding hydrogens is 574 g/mol. The number of methoxy groups -OCH3 is 6.